The number of carbonyl (C=O) groups excluding carboxylic acids is 1. The molecule has 0 fully saturated rings. The van der Waals surface area contributed by atoms with Crippen LogP contribution in [0.15, 0.2) is 45.7 Å². The van der Waals surface area contributed by atoms with Crippen LogP contribution in [0.25, 0.3) is 22.6 Å². The molecule has 1 aliphatic rings. The highest BCUT2D eigenvalue weighted by atomic mass is 127. The normalized spacial score (nSPS) is 14.9. The van der Waals surface area contributed by atoms with Crippen LogP contribution in [0.1, 0.15) is 24.7 Å². The summed E-state index contributed by atoms with van der Waals surface area (Å²) in [7, 11) is 1.69. The molecule has 5 nitrogen and oxygen atoms in total. The van der Waals surface area contributed by atoms with Gasteiger partial charge < -0.3 is 4.90 Å². The molecular weight excluding hydrogens is 533 g/mol. The van der Waals surface area contributed by atoms with Crippen LogP contribution in [-0.4, -0.2) is 22.0 Å². The zero-order valence-electron chi connectivity index (χ0n) is 15.4. The molecule has 3 aromatic rings. The number of anilines is 1. The van der Waals surface area contributed by atoms with Gasteiger partial charge in [-0.3, -0.25) is 14.2 Å². The Morgan fingerprint density at radius 3 is 2.71 bits per heavy atom. The predicted octanol–water partition coefficient (Wildman–Crippen LogP) is 4.60. The van der Waals surface area contributed by atoms with E-state index >= 15 is 0 Å². The van der Waals surface area contributed by atoms with E-state index in [1.807, 2.05) is 43.3 Å². The fourth-order valence-corrected chi connectivity index (χ4v) is 4.29. The van der Waals surface area contributed by atoms with Crippen LogP contribution in [0.3, 0.4) is 0 Å². The van der Waals surface area contributed by atoms with Crippen LogP contribution in [0.4, 0.5) is 5.69 Å². The monoisotopic (exact) mass is 549 g/mol. The summed E-state index contributed by atoms with van der Waals surface area (Å²) >= 11 is 5.67. The molecule has 0 spiro atoms. The molecule has 0 saturated carbocycles. The number of amides is 1. The van der Waals surface area contributed by atoms with Crippen LogP contribution in [0.5, 0.6) is 0 Å². The second-order valence-corrected chi connectivity index (χ2v) is 8.83. The van der Waals surface area contributed by atoms with Crippen molar-refractivity contribution in [3.8, 4) is 0 Å². The summed E-state index contributed by atoms with van der Waals surface area (Å²) in [5, 5.41) is 0.574. The number of nitrogens with zero attached hydrogens (tertiary/aromatic N) is 3. The Morgan fingerprint density at radius 2 is 1.96 bits per heavy atom. The average Bonchev–Trinajstić information content (AvgIpc) is 2.92. The number of halogens is 2. The Bertz CT molecular complexity index is 1220. The maximum Gasteiger partial charge on any atom is 0.261 e. The zero-order valence-corrected chi connectivity index (χ0v) is 19.1. The van der Waals surface area contributed by atoms with Gasteiger partial charge in [-0.2, -0.15) is 0 Å². The van der Waals surface area contributed by atoms with Crippen molar-refractivity contribution in [1.82, 2.24) is 9.55 Å². The summed E-state index contributed by atoms with van der Waals surface area (Å²) in [6.07, 6.45) is 2.59. The SMILES string of the molecule is CCCN1C(=O)/C(=C/c2nc3ccc(I)cc3c(=O)n2C)c2cc(Br)ccc21. The van der Waals surface area contributed by atoms with Crippen LogP contribution in [-0.2, 0) is 11.8 Å². The van der Waals surface area contributed by atoms with Gasteiger partial charge in [-0.15, -0.1) is 0 Å². The second-order valence-electron chi connectivity index (χ2n) is 6.67. The smallest absolute Gasteiger partial charge is 0.261 e. The summed E-state index contributed by atoms with van der Waals surface area (Å²) in [6, 6.07) is 11.4. The number of hydrogen-bond donors (Lipinski definition) is 0. The standard InChI is InChI=1S/C21H17BrIN3O2/c1-3-8-26-18-7-4-12(22)9-14(18)15(21(26)28)11-19-24-17-6-5-13(23)10-16(17)20(27)25(19)2/h4-7,9-11H,3,8H2,1-2H3/b15-11+. The first-order valence-electron chi connectivity index (χ1n) is 8.90. The van der Waals surface area contributed by atoms with E-state index in [1.54, 1.807) is 18.0 Å². The van der Waals surface area contributed by atoms with Crippen LogP contribution < -0.4 is 10.5 Å². The minimum Gasteiger partial charge on any atom is -0.308 e. The molecule has 0 saturated heterocycles. The largest absolute Gasteiger partial charge is 0.308 e. The predicted molar refractivity (Wildman–Crippen MR) is 124 cm³/mol. The molecule has 4 rings (SSSR count). The Morgan fingerprint density at radius 1 is 1.18 bits per heavy atom. The topological polar surface area (TPSA) is 55.2 Å². The first-order valence-corrected chi connectivity index (χ1v) is 10.8. The molecule has 1 aromatic heterocycles. The lowest BCUT2D eigenvalue weighted by Gasteiger charge is -2.15. The lowest BCUT2D eigenvalue weighted by molar-refractivity contribution is -0.113. The van der Waals surface area contributed by atoms with Gasteiger partial charge in [-0.05, 0) is 71.5 Å². The molecule has 142 valence electrons. The van der Waals surface area contributed by atoms with Crippen LogP contribution in [0, 0.1) is 3.57 Å². The third kappa shape index (κ3) is 3.20. The minimum absolute atomic E-state index is 0.0630. The van der Waals surface area contributed by atoms with Gasteiger partial charge in [-0.25, -0.2) is 4.98 Å². The number of rotatable bonds is 3. The number of hydrogen-bond acceptors (Lipinski definition) is 3. The van der Waals surface area contributed by atoms with Crippen molar-refractivity contribution in [3.05, 3.63) is 66.2 Å². The van der Waals surface area contributed by atoms with E-state index in [0.717, 1.165) is 25.7 Å². The summed E-state index contributed by atoms with van der Waals surface area (Å²) < 4.78 is 3.38. The quantitative estimate of drug-likeness (QED) is 0.354. The molecule has 1 amide bonds. The Hall–Kier alpha value is -2.00. The lowest BCUT2D eigenvalue weighted by atomic mass is 10.1. The molecule has 0 N–H and O–H groups in total. The van der Waals surface area contributed by atoms with E-state index in [1.165, 1.54) is 4.57 Å². The van der Waals surface area contributed by atoms with Gasteiger partial charge in [0.05, 0.1) is 22.2 Å². The highest BCUT2D eigenvalue weighted by Gasteiger charge is 2.32. The van der Waals surface area contributed by atoms with Crippen LogP contribution >= 0.6 is 38.5 Å². The molecule has 1 aliphatic heterocycles. The Labute approximate surface area is 184 Å². The molecule has 0 radical (unpaired) electrons. The van der Waals surface area contributed by atoms with Crippen molar-refractivity contribution in [3.63, 3.8) is 0 Å². The van der Waals surface area contributed by atoms with E-state index in [2.05, 4.69) is 43.5 Å². The molecule has 2 aromatic carbocycles. The van der Waals surface area contributed by atoms with Gasteiger partial charge in [0.15, 0.2) is 0 Å². The number of aromatic nitrogens is 2. The maximum atomic E-state index is 13.1. The van der Waals surface area contributed by atoms with Crippen LogP contribution in [0.2, 0.25) is 0 Å². The summed E-state index contributed by atoms with van der Waals surface area (Å²) in [5.74, 6) is 0.401. The van der Waals surface area contributed by atoms with Crippen molar-refractivity contribution in [2.24, 2.45) is 7.05 Å². The lowest BCUT2D eigenvalue weighted by Crippen LogP contribution is -2.27. The third-order valence-electron chi connectivity index (χ3n) is 4.81. The molecule has 0 bridgehead atoms. The highest BCUT2D eigenvalue weighted by Crippen LogP contribution is 2.39. The fraction of sp³-hybridized carbons (Fsp3) is 0.190. The number of fused-ring (bicyclic) bond motifs is 2. The van der Waals surface area contributed by atoms with E-state index in [-0.39, 0.29) is 11.5 Å². The third-order valence-corrected chi connectivity index (χ3v) is 5.97. The van der Waals surface area contributed by atoms with Crippen molar-refractivity contribution >= 4 is 72.7 Å². The highest BCUT2D eigenvalue weighted by molar-refractivity contribution is 14.1. The zero-order chi connectivity index (χ0) is 20.0. The molecule has 28 heavy (non-hydrogen) atoms. The Balaban J connectivity index is 1.93. The summed E-state index contributed by atoms with van der Waals surface area (Å²) in [6.45, 7) is 2.69. The summed E-state index contributed by atoms with van der Waals surface area (Å²) in [4.78, 5) is 32.3. The van der Waals surface area contributed by atoms with E-state index in [4.69, 9.17) is 0 Å². The molecule has 0 atom stereocenters. The first-order chi connectivity index (χ1) is 13.4. The molecular formula is C21H17BrIN3O2. The van der Waals surface area contributed by atoms with Gasteiger partial charge >= 0.3 is 0 Å². The van der Waals surface area contributed by atoms with Crippen molar-refractivity contribution in [1.29, 1.82) is 0 Å². The molecule has 0 aliphatic carbocycles. The van der Waals surface area contributed by atoms with E-state index < -0.39 is 0 Å². The molecule has 0 unspecified atom stereocenters. The van der Waals surface area contributed by atoms with Gasteiger partial charge in [0.25, 0.3) is 11.5 Å². The Kier molecular flexibility index (Phi) is 5.13. The average molecular weight is 550 g/mol. The summed E-state index contributed by atoms with van der Waals surface area (Å²) in [5.41, 5.74) is 2.80. The second kappa shape index (κ2) is 7.44. The van der Waals surface area contributed by atoms with Crippen molar-refractivity contribution < 1.29 is 4.79 Å². The van der Waals surface area contributed by atoms with Gasteiger partial charge in [0.2, 0.25) is 0 Å². The number of carbonyl (C=O) groups is 1. The van der Waals surface area contributed by atoms with Gasteiger partial charge in [-0.1, -0.05) is 22.9 Å². The van der Waals surface area contributed by atoms with Gasteiger partial charge in [0.1, 0.15) is 5.82 Å². The van der Waals surface area contributed by atoms with E-state index in [9.17, 15) is 9.59 Å². The molecule has 2 heterocycles. The van der Waals surface area contributed by atoms with Crippen molar-refractivity contribution in [2.45, 2.75) is 13.3 Å². The van der Waals surface area contributed by atoms with Crippen molar-refractivity contribution in [2.75, 3.05) is 11.4 Å². The van der Waals surface area contributed by atoms with Gasteiger partial charge in [0, 0.05) is 27.2 Å². The molecule has 7 heteroatoms. The van der Waals surface area contributed by atoms with E-state index in [0.29, 0.717) is 28.8 Å². The fourth-order valence-electron chi connectivity index (χ4n) is 3.43. The number of benzene rings is 2. The first kappa shape index (κ1) is 19.3. The minimum atomic E-state index is -0.124. The maximum absolute atomic E-state index is 13.1.